The second-order valence-electron chi connectivity index (χ2n) is 6.40. The minimum Gasteiger partial charge on any atom is -0.465 e. The summed E-state index contributed by atoms with van der Waals surface area (Å²) in [5, 5.41) is 2.90. The van der Waals surface area contributed by atoms with Gasteiger partial charge in [-0.1, -0.05) is 6.07 Å². The lowest BCUT2D eigenvalue weighted by Crippen LogP contribution is -2.43. The quantitative estimate of drug-likeness (QED) is 0.684. The number of pyridine rings is 1. The molecule has 3 heterocycles. The van der Waals surface area contributed by atoms with E-state index in [1.54, 1.807) is 47.9 Å². The number of esters is 1. The summed E-state index contributed by atoms with van der Waals surface area (Å²) >= 11 is 0. The number of ether oxygens (including phenoxy) is 1. The van der Waals surface area contributed by atoms with E-state index in [4.69, 9.17) is 4.74 Å². The van der Waals surface area contributed by atoms with Crippen molar-refractivity contribution in [2.75, 3.05) is 19.0 Å². The Morgan fingerprint density at radius 2 is 2.07 bits per heavy atom. The van der Waals surface area contributed by atoms with E-state index < -0.39 is 5.97 Å². The first-order chi connectivity index (χ1) is 13.7. The van der Waals surface area contributed by atoms with Gasteiger partial charge in [-0.3, -0.25) is 4.98 Å². The zero-order valence-electron chi connectivity index (χ0n) is 15.3. The van der Waals surface area contributed by atoms with Crippen molar-refractivity contribution < 1.29 is 14.3 Å². The van der Waals surface area contributed by atoms with Crippen LogP contribution in [0.15, 0.2) is 55.1 Å². The summed E-state index contributed by atoms with van der Waals surface area (Å²) in [6, 6.07) is 9.79. The molecule has 0 fully saturated rings. The first-order valence-electron chi connectivity index (χ1n) is 8.85. The molecule has 2 aromatic heterocycles. The molecule has 2 N–H and O–H groups in total. The number of methoxy groups -OCH3 is 1. The molecule has 3 aromatic rings. The van der Waals surface area contributed by atoms with Gasteiger partial charge in [0, 0.05) is 36.7 Å². The predicted molar refractivity (Wildman–Crippen MR) is 102 cm³/mol. The molecule has 8 nitrogen and oxygen atoms in total. The maximum atomic E-state index is 13.0. The molecule has 4 rings (SSSR count). The standard InChI is InChI=1S/C20H19N5O3/c1-28-19(26)13-4-6-15(7-5-13)24-20(27)25-10-8-16-17(23-12-22-16)18(25)14-3-2-9-21-11-14/h2-7,9,11-12,18H,8,10H2,1H3,(H,22,23)(H,24,27). The van der Waals surface area contributed by atoms with Crippen molar-refractivity contribution in [2.45, 2.75) is 12.5 Å². The summed E-state index contributed by atoms with van der Waals surface area (Å²) < 4.78 is 4.69. The van der Waals surface area contributed by atoms with E-state index in [-0.39, 0.29) is 12.1 Å². The third-order valence-electron chi connectivity index (χ3n) is 4.74. The van der Waals surface area contributed by atoms with Crippen molar-refractivity contribution >= 4 is 17.7 Å². The van der Waals surface area contributed by atoms with Crippen LogP contribution in [0.4, 0.5) is 10.5 Å². The van der Waals surface area contributed by atoms with Gasteiger partial charge < -0.3 is 19.9 Å². The molecular weight excluding hydrogens is 358 g/mol. The summed E-state index contributed by atoms with van der Waals surface area (Å²) in [7, 11) is 1.33. The normalized spacial score (nSPS) is 15.6. The first-order valence-corrected chi connectivity index (χ1v) is 8.85. The van der Waals surface area contributed by atoms with Crippen LogP contribution in [-0.4, -0.2) is 45.5 Å². The van der Waals surface area contributed by atoms with Gasteiger partial charge >= 0.3 is 12.0 Å². The summed E-state index contributed by atoms with van der Waals surface area (Å²) in [4.78, 5) is 38.1. The fourth-order valence-corrected chi connectivity index (χ4v) is 3.37. The third kappa shape index (κ3) is 3.32. The highest BCUT2D eigenvalue weighted by atomic mass is 16.5. The zero-order valence-corrected chi connectivity index (χ0v) is 15.3. The first kappa shape index (κ1) is 17.7. The van der Waals surface area contributed by atoms with E-state index in [9.17, 15) is 9.59 Å². The number of rotatable bonds is 3. The van der Waals surface area contributed by atoms with Crippen LogP contribution in [0.2, 0.25) is 0 Å². The molecule has 2 amide bonds. The van der Waals surface area contributed by atoms with Gasteiger partial charge in [0.25, 0.3) is 0 Å². The highest BCUT2D eigenvalue weighted by molar-refractivity contribution is 5.92. The summed E-state index contributed by atoms with van der Waals surface area (Å²) in [6.07, 6.45) is 5.80. The van der Waals surface area contributed by atoms with E-state index in [0.717, 1.165) is 17.0 Å². The van der Waals surface area contributed by atoms with Gasteiger partial charge in [-0.05, 0) is 35.9 Å². The van der Waals surface area contributed by atoms with Gasteiger partial charge in [-0.15, -0.1) is 0 Å². The lowest BCUT2D eigenvalue weighted by Gasteiger charge is -2.35. The molecule has 142 valence electrons. The van der Waals surface area contributed by atoms with Gasteiger partial charge in [-0.2, -0.15) is 0 Å². The van der Waals surface area contributed by atoms with Crippen LogP contribution in [0.5, 0.6) is 0 Å². The number of benzene rings is 1. The molecule has 28 heavy (non-hydrogen) atoms. The highest BCUT2D eigenvalue weighted by Gasteiger charge is 2.34. The van der Waals surface area contributed by atoms with Crippen LogP contribution in [-0.2, 0) is 11.2 Å². The lowest BCUT2D eigenvalue weighted by molar-refractivity contribution is 0.0600. The summed E-state index contributed by atoms with van der Waals surface area (Å²) in [5.41, 5.74) is 3.77. The topological polar surface area (TPSA) is 100 Å². The average Bonchev–Trinajstić information content (AvgIpc) is 3.22. The summed E-state index contributed by atoms with van der Waals surface area (Å²) in [5.74, 6) is -0.420. The van der Waals surface area contributed by atoms with Crippen molar-refractivity contribution in [3.63, 3.8) is 0 Å². The Morgan fingerprint density at radius 3 is 2.79 bits per heavy atom. The number of aromatic nitrogens is 3. The maximum Gasteiger partial charge on any atom is 0.337 e. The van der Waals surface area contributed by atoms with Crippen molar-refractivity contribution in [3.8, 4) is 0 Å². The minimum absolute atomic E-state index is 0.242. The number of nitrogens with zero attached hydrogens (tertiary/aromatic N) is 3. The van der Waals surface area contributed by atoms with E-state index in [2.05, 4.69) is 20.3 Å². The van der Waals surface area contributed by atoms with Gasteiger partial charge in [0.2, 0.25) is 0 Å². The van der Waals surface area contributed by atoms with Gasteiger partial charge in [0.1, 0.15) is 6.04 Å². The Hall–Kier alpha value is -3.68. The van der Waals surface area contributed by atoms with E-state index in [0.29, 0.717) is 24.2 Å². The molecule has 0 aliphatic carbocycles. The molecule has 1 atom stereocenters. The van der Waals surface area contributed by atoms with E-state index >= 15 is 0 Å². The largest absolute Gasteiger partial charge is 0.465 e. The molecular formula is C20H19N5O3. The molecule has 0 radical (unpaired) electrons. The van der Waals surface area contributed by atoms with Crippen LogP contribution in [0.1, 0.15) is 33.4 Å². The molecule has 1 unspecified atom stereocenters. The lowest BCUT2D eigenvalue weighted by atomic mass is 9.97. The number of hydrogen-bond donors (Lipinski definition) is 2. The monoisotopic (exact) mass is 377 g/mol. The number of nitrogens with one attached hydrogen (secondary N) is 2. The van der Waals surface area contributed by atoms with Crippen LogP contribution in [0.25, 0.3) is 0 Å². The average molecular weight is 377 g/mol. The second kappa shape index (κ2) is 7.51. The number of H-pyrrole nitrogens is 1. The SMILES string of the molecule is COC(=O)c1ccc(NC(=O)N2CCc3[nH]cnc3C2c2cccnc2)cc1. The number of anilines is 1. The third-order valence-corrected chi connectivity index (χ3v) is 4.74. The smallest absolute Gasteiger partial charge is 0.337 e. The Bertz CT molecular complexity index is 985. The van der Waals surface area contributed by atoms with Crippen LogP contribution in [0, 0.1) is 0 Å². The van der Waals surface area contributed by atoms with Crippen LogP contribution in [0.3, 0.4) is 0 Å². The van der Waals surface area contributed by atoms with Crippen LogP contribution < -0.4 is 5.32 Å². The Morgan fingerprint density at radius 1 is 1.25 bits per heavy atom. The Labute approximate surface area is 161 Å². The van der Waals surface area contributed by atoms with Gasteiger partial charge in [0.05, 0.1) is 24.7 Å². The Kier molecular flexibility index (Phi) is 4.76. The van der Waals surface area contributed by atoms with E-state index in [1.165, 1.54) is 7.11 Å². The maximum absolute atomic E-state index is 13.0. The fourth-order valence-electron chi connectivity index (χ4n) is 3.37. The second-order valence-corrected chi connectivity index (χ2v) is 6.40. The van der Waals surface area contributed by atoms with Gasteiger partial charge in [0.15, 0.2) is 0 Å². The molecule has 0 saturated carbocycles. The minimum atomic E-state index is -0.420. The van der Waals surface area contributed by atoms with Crippen molar-refractivity contribution in [1.82, 2.24) is 19.9 Å². The zero-order chi connectivity index (χ0) is 19.5. The predicted octanol–water partition coefficient (Wildman–Crippen LogP) is 2.77. The number of imidazole rings is 1. The van der Waals surface area contributed by atoms with Crippen LogP contribution >= 0.6 is 0 Å². The Balaban J connectivity index is 1.58. The fraction of sp³-hybridized carbons (Fsp3) is 0.200. The molecule has 1 aliphatic rings. The molecule has 0 spiro atoms. The highest BCUT2D eigenvalue weighted by Crippen LogP contribution is 2.33. The number of fused-ring (bicyclic) bond motifs is 1. The van der Waals surface area contributed by atoms with E-state index in [1.807, 2.05) is 12.1 Å². The van der Waals surface area contributed by atoms with Crippen molar-refractivity contribution in [3.05, 3.63) is 77.6 Å². The number of carbonyl (C=O) groups is 2. The number of amides is 2. The summed E-state index contributed by atoms with van der Waals surface area (Å²) in [6.45, 7) is 0.542. The van der Waals surface area contributed by atoms with Crippen molar-refractivity contribution in [1.29, 1.82) is 0 Å². The van der Waals surface area contributed by atoms with Gasteiger partial charge in [-0.25, -0.2) is 14.6 Å². The molecule has 1 aromatic carbocycles. The molecule has 0 saturated heterocycles. The number of carbonyl (C=O) groups excluding carboxylic acids is 2. The number of hydrogen-bond acceptors (Lipinski definition) is 5. The molecule has 8 heteroatoms. The van der Waals surface area contributed by atoms with Crippen molar-refractivity contribution in [2.24, 2.45) is 0 Å². The molecule has 1 aliphatic heterocycles. The molecule has 0 bridgehead atoms. The number of aromatic amines is 1. The number of urea groups is 1.